The largest absolute Gasteiger partial charge is 0.363 e. The lowest BCUT2D eigenvalue weighted by atomic mass is 10.2. The van der Waals surface area contributed by atoms with E-state index in [-0.39, 0.29) is 11.4 Å². The Hall–Kier alpha value is -1.24. The van der Waals surface area contributed by atoms with Crippen LogP contribution in [0.3, 0.4) is 0 Å². The highest BCUT2D eigenvalue weighted by atomic mass is 79.9. The van der Waals surface area contributed by atoms with Crippen molar-refractivity contribution in [2.24, 2.45) is 0 Å². The van der Waals surface area contributed by atoms with Crippen LogP contribution in [0.2, 0.25) is 0 Å². The number of nitrogens with zero attached hydrogens (tertiary/aromatic N) is 2. The normalized spacial score (nSPS) is 10.6. The van der Waals surface area contributed by atoms with Gasteiger partial charge in [0.2, 0.25) is 0 Å². The van der Waals surface area contributed by atoms with E-state index in [0.29, 0.717) is 5.33 Å². The van der Waals surface area contributed by atoms with Crippen molar-refractivity contribution in [3.63, 3.8) is 0 Å². The van der Waals surface area contributed by atoms with E-state index in [1.54, 1.807) is 6.07 Å². The van der Waals surface area contributed by atoms with Gasteiger partial charge in [-0.2, -0.15) is 0 Å². The van der Waals surface area contributed by atoms with Crippen LogP contribution in [0, 0.1) is 10.1 Å². The molecule has 0 aliphatic heterocycles. The van der Waals surface area contributed by atoms with Gasteiger partial charge in [-0.05, 0) is 11.6 Å². The summed E-state index contributed by atoms with van der Waals surface area (Å²) in [6, 6.07) is 4.53. The van der Waals surface area contributed by atoms with Crippen molar-refractivity contribution in [3.8, 4) is 0 Å². The third kappa shape index (κ3) is 3.62. The minimum atomic E-state index is -2.53. The molecule has 0 aliphatic carbocycles. The molecule has 0 spiro atoms. The average molecular weight is 309 g/mol. The van der Waals surface area contributed by atoms with Crippen LogP contribution < -0.4 is 4.90 Å². The Morgan fingerprint density at radius 1 is 1.53 bits per heavy atom. The summed E-state index contributed by atoms with van der Waals surface area (Å²) in [5.41, 5.74) is 0.760. The Balaban J connectivity index is 3.09. The van der Waals surface area contributed by atoms with Gasteiger partial charge in [0.05, 0.1) is 11.5 Å². The minimum absolute atomic E-state index is 0.162. The maximum Gasteiger partial charge on any atom is 0.292 e. The van der Waals surface area contributed by atoms with Crippen molar-refractivity contribution in [3.05, 3.63) is 33.9 Å². The first-order valence-electron chi connectivity index (χ1n) is 4.78. The molecule has 94 valence electrons. The molecule has 0 atom stereocenters. The van der Waals surface area contributed by atoms with Crippen LogP contribution in [0.4, 0.5) is 20.2 Å². The first kappa shape index (κ1) is 13.8. The number of halogens is 3. The zero-order valence-electron chi connectivity index (χ0n) is 9.07. The molecule has 4 nitrogen and oxygen atoms in total. The molecule has 0 N–H and O–H groups in total. The molecular formula is C10H11BrF2N2O2. The quantitative estimate of drug-likeness (QED) is 0.477. The molecule has 7 heteroatoms. The summed E-state index contributed by atoms with van der Waals surface area (Å²) in [6.07, 6.45) is -2.53. The van der Waals surface area contributed by atoms with Crippen LogP contribution in [0.1, 0.15) is 5.56 Å². The molecule has 0 radical (unpaired) electrons. The summed E-state index contributed by atoms with van der Waals surface area (Å²) in [6.45, 7) is -0.533. The second-order valence-corrected chi connectivity index (χ2v) is 4.05. The van der Waals surface area contributed by atoms with E-state index in [9.17, 15) is 18.9 Å². The van der Waals surface area contributed by atoms with Crippen LogP contribution >= 0.6 is 15.9 Å². The van der Waals surface area contributed by atoms with Gasteiger partial charge in [0.1, 0.15) is 5.69 Å². The molecule has 0 unspecified atom stereocenters. The highest BCUT2D eigenvalue weighted by Crippen LogP contribution is 2.29. The maximum absolute atomic E-state index is 12.2. The van der Waals surface area contributed by atoms with Crippen LogP contribution in [0.5, 0.6) is 0 Å². The van der Waals surface area contributed by atoms with E-state index in [0.717, 1.165) is 5.56 Å². The van der Waals surface area contributed by atoms with Gasteiger partial charge in [0.15, 0.2) is 0 Å². The fourth-order valence-corrected chi connectivity index (χ4v) is 1.78. The van der Waals surface area contributed by atoms with E-state index in [4.69, 9.17) is 0 Å². The molecular weight excluding hydrogens is 298 g/mol. The maximum atomic E-state index is 12.2. The molecule has 1 rings (SSSR count). The van der Waals surface area contributed by atoms with Gasteiger partial charge in [0.25, 0.3) is 12.1 Å². The minimum Gasteiger partial charge on any atom is -0.363 e. The Kier molecular flexibility index (Phi) is 4.80. The van der Waals surface area contributed by atoms with Crippen molar-refractivity contribution in [1.29, 1.82) is 0 Å². The summed E-state index contributed by atoms with van der Waals surface area (Å²) >= 11 is 3.19. The molecule has 1 aromatic carbocycles. The second kappa shape index (κ2) is 5.90. The first-order chi connectivity index (χ1) is 7.95. The lowest BCUT2D eigenvalue weighted by Gasteiger charge is -2.18. The van der Waals surface area contributed by atoms with E-state index in [1.165, 1.54) is 24.1 Å². The third-order valence-electron chi connectivity index (χ3n) is 2.21. The third-order valence-corrected chi connectivity index (χ3v) is 2.86. The van der Waals surface area contributed by atoms with Gasteiger partial charge < -0.3 is 4.90 Å². The van der Waals surface area contributed by atoms with Crippen LogP contribution in [-0.4, -0.2) is 24.9 Å². The molecule has 0 amide bonds. The van der Waals surface area contributed by atoms with Gasteiger partial charge in [0, 0.05) is 18.4 Å². The number of rotatable bonds is 5. The summed E-state index contributed by atoms with van der Waals surface area (Å²) in [5.74, 6) is 0. The van der Waals surface area contributed by atoms with Crippen LogP contribution in [0.25, 0.3) is 0 Å². The van der Waals surface area contributed by atoms with Gasteiger partial charge >= 0.3 is 0 Å². The molecule has 17 heavy (non-hydrogen) atoms. The van der Waals surface area contributed by atoms with E-state index >= 15 is 0 Å². The molecule has 0 saturated carbocycles. The van der Waals surface area contributed by atoms with Crippen molar-refractivity contribution >= 4 is 27.3 Å². The van der Waals surface area contributed by atoms with Gasteiger partial charge in [-0.25, -0.2) is 8.78 Å². The summed E-state index contributed by atoms with van der Waals surface area (Å²) in [5, 5.41) is 11.3. The topological polar surface area (TPSA) is 46.4 Å². The highest BCUT2D eigenvalue weighted by Gasteiger charge is 2.19. The number of anilines is 1. The number of benzene rings is 1. The molecule has 0 aliphatic rings. The molecule has 0 aromatic heterocycles. The molecule has 1 aromatic rings. The zero-order chi connectivity index (χ0) is 13.0. The standard InChI is InChI=1S/C10H11BrF2N2O2/c1-14(6-10(12)13)8-3-2-7(5-11)4-9(8)15(16)17/h2-4,10H,5-6H2,1H3. The zero-order valence-corrected chi connectivity index (χ0v) is 10.7. The SMILES string of the molecule is CN(CC(F)F)c1ccc(CBr)cc1[N+](=O)[O-]. The Morgan fingerprint density at radius 3 is 2.65 bits per heavy atom. The number of alkyl halides is 3. The van der Waals surface area contributed by atoms with Gasteiger partial charge in [-0.3, -0.25) is 10.1 Å². The Bertz CT molecular complexity index is 415. The number of nitro groups is 1. The van der Waals surface area contributed by atoms with Crippen molar-refractivity contribution in [1.82, 2.24) is 0 Å². The van der Waals surface area contributed by atoms with Crippen molar-refractivity contribution in [2.45, 2.75) is 11.8 Å². The lowest BCUT2D eigenvalue weighted by molar-refractivity contribution is -0.384. The predicted octanol–water partition coefficient (Wildman–Crippen LogP) is 3.19. The Labute approximate surface area is 106 Å². The van der Waals surface area contributed by atoms with E-state index in [1.807, 2.05) is 0 Å². The lowest BCUT2D eigenvalue weighted by Crippen LogP contribution is -2.24. The smallest absolute Gasteiger partial charge is 0.292 e. The fraction of sp³-hybridized carbons (Fsp3) is 0.400. The van der Waals surface area contributed by atoms with Gasteiger partial charge in [-0.1, -0.05) is 22.0 Å². The fourth-order valence-electron chi connectivity index (χ4n) is 1.43. The predicted molar refractivity (Wildman–Crippen MR) is 65.0 cm³/mol. The number of hydrogen-bond acceptors (Lipinski definition) is 3. The van der Waals surface area contributed by atoms with Crippen molar-refractivity contribution in [2.75, 3.05) is 18.5 Å². The van der Waals surface area contributed by atoms with E-state index in [2.05, 4.69) is 15.9 Å². The molecule has 0 fully saturated rings. The molecule has 0 saturated heterocycles. The van der Waals surface area contributed by atoms with Crippen LogP contribution in [-0.2, 0) is 5.33 Å². The number of hydrogen-bond donors (Lipinski definition) is 0. The molecule has 0 bridgehead atoms. The summed E-state index contributed by atoms with van der Waals surface area (Å²) < 4.78 is 24.5. The summed E-state index contributed by atoms with van der Waals surface area (Å²) in [7, 11) is 1.41. The van der Waals surface area contributed by atoms with Crippen molar-refractivity contribution < 1.29 is 13.7 Å². The van der Waals surface area contributed by atoms with E-state index < -0.39 is 17.9 Å². The number of nitro benzene ring substituents is 1. The van der Waals surface area contributed by atoms with Crippen LogP contribution in [0.15, 0.2) is 18.2 Å². The second-order valence-electron chi connectivity index (χ2n) is 3.49. The highest BCUT2D eigenvalue weighted by molar-refractivity contribution is 9.08. The first-order valence-corrected chi connectivity index (χ1v) is 5.90. The van der Waals surface area contributed by atoms with Gasteiger partial charge in [-0.15, -0.1) is 0 Å². The average Bonchev–Trinajstić information content (AvgIpc) is 2.27. The molecule has 0 heterocycles. The monoisotopic (exact) mass is 308 g/mol. The Morgan fingerprint density at radius 2 is 2.18 bits per heavy atom. The summed E-state index contributed by atoms with van der Waals surface area (Å²) in [4.78, 5) is 11.5.